The van der Waals surface area contributed by atoms with Crippen molar-refractivity contribution in [1.82, 2.24) is 0 Å². The van der Waals surface area contributed by atoms with Gasteiger partial charge in [-0.3, -0.25) is 13.9 Å². The van der Waals surface area contributed by atoms with E-state index in [1.807, 2.05) is 0 Å². The first-order valence-electron chi connectivity index (χ1n) is 9.80. The molecule has 2 N–H and O–H groups in total. The molecular weight excluding hydrogens is 449 g/mol. The van der Waals surface area contributed by atoms with Crippen molar-refractivity contribution in [1.29, 1.82) is 0 Å². The molecule has 0 aromatic heterocycles. The summed E-state index contributed by atoms with van der Waals surface area (Å²) in [5.41, 5.74) is 1.42. The van der Waals surface area contributed by atoms with E-state index in [2.05, 4.69) is 10.6 Å². The molecule has 0 aliphatic rings. The average molecular weight is 472 g/mol. The molecule has 33 heavy (non-hydrogen) atoms. The minimum absolute atomic E-state index is 0.0361. The van der Waals surface area contributed by atoms with Crippen molar-refractivity contribution >= 4 is 38.9 Å². The molecule has 0 heterocycles. The van der Waals surface area contributed by atoms with Crippen LogP contribution in [-0.2, 0) is 19.6 Å². The Morgan fingerprint density at radius 1 is 0.939 bits per heavy atom. The van der Waals surface area contributed by atoms with Crippen LogP contribution in [0.5, 0.6) is 5.75 Å². The van der Waals surface area contributed by atoms with Gasteiger partial charge in [0.2, 0.25) is 5.91 Å². The van der Waals surface area contributed by atoms with Crippen molar-refractivity contribution in [2.45, 2.75) is 11.8 Å². The summed E-state index contributed by atoms with van der Waals surface area (Å²) in [6.07, 6.45) is 0. The number of ether oxygens (including phenoxy) is 1. The standard InChI is InChI=1S/C23H22FN3O5S/c1-16(28)25-18-4-3-5-19(14-18)26-23(29)15-32-21-10-8-20(9-11-21)27(2)33(30,31)22-12-6-17(24)7-13-22/h3-14H,15H2,1-2H3,(H,25,28)(H,26,29). The third kappa shape index (κ3) is 6.30. The molecule has 3 aromatic carbocycles. The number of hydrogen-bond acceptors (Lipinski definition) is 5. The zero-order valence-corrected chi connectivity index (χ0v) is 18.7. The number of sulfonamides is 1. The van der Waals surface area contributed by atoms with Gasteiger partial charge in [-0.2, -0.15) is 0 Å². The number of halogens is 1. The van der Waals surface area contributed by atoms with Crippen LogP contribution in [0.4, 0.5) is 21.5 Å². The number of carbonyl (C=O) groups is 2. The molecule has 2 amide bonds. The van der Waals surface area contributed by atoms with Crippen molar-refractivity contribution in [3.05, 3.63) is 78.6 Å². The lowest BCUT2D eigenvalue weighted by molar-refractivity contribution is -0.118. The maximum absolute atomic E-state index is 13.1. The fourth-order valence-electron chi connectivity index (χ4n) is 2.88. The van der Waals surface area contributed by atoms with E-state index in [4.69, 9.17) is 4.74 Å². The van der Waals surface area contributed by atoms with E-state index in [0.29, 0.717) is 22.8 Å². The van der Waals surface area contributed by atoms with Crippen molar-refractivity contribution in [2.24, 2.45) is 0 Å². The number of anilines is 3. The molecule has 0 aliphatic heterocycles. The second-order valence-corrected chi connectivity index (χ2v) is 8.99. The lowest BCUT2D eigenvalue weighted by atomic mass is 10.2. The number of rotatable bonds is 8. The molecule has 0 saturated carbocycles. The Morgan fingerprint density at radius 3 is 2.15 bits per heavy atom. The smallest absolute Gasteiger partial charge is 0.264 e. The Labute approximate surface area is 191 Å². The molecule has 0 spiro atoms. The van der Waals surface area contributed by atoms with E-state index in [-0.39, 0.29) is 17.4 Å². The van der Waals surface area contributed by atoms with Gasteiger partial charge in [-0.15, -0.1) is 0 Å². The van der Waals surface area contributed by atoms with Gasteiger partial charge in [0.05, 0.1) is 10.6 Å². The maximum atomic E-state index is 13.1. The van der Waals surface area contributed by atoms with Crippen molar-refractivity contribution in [3.8, 4) is 5.75 Å². The van der Waals surface area contributed by atoms with Crippen LogP contribution in [0.1, 0.15) is 6.92 Å². The van der Waals surface area contributed by atoms with Crippen molar-refractivity contribution < 1.29 is 27.1 Å². The van der Waals surface area contributed by atoms with Gasteiger partial charge < -0.3 is 15.4 Å². The molecule has 0 fully saturated rings. The van der Waals surface area contributed by atoms with Gasteiger partial charge in [0, 0.05) is 25.3 Å². The van der Waals surface area contributed by atoms with Crippen LogP contribution in [0, 0.1) is 5.82 Å². The summed E-state index contributed by atoms with van der Waals surface area (Å²) >= 11 is 0. The molecule has 0 atom stereocenters. The molecule has 0 unspecified atom stereocenters. The summed E-state index contributed by atoms with van der Waals surface area (Å²) < 4.78 is 45.0. The zero-order valence-electron chi connectivity index (χ0n) is 17.9. The lowest BCUT2D eigenvalue weighted by Crippen LogP contribution is -2.26. The van der Waals surface area contributed by atoms with Crippen LogP contribution in [0.3, 0.4) is 0 Å². The summed E-state index contributed by atoms with van der Waals surface area (Å²) in [6.45, 7) is 1.12. The first kappa shape index (κ1) is 23.7. The summed E-state index contributed by atoms with van der Waals surface area (Å²) in [4.78, 5) is 23.3. The maximum Gasteiger partial charge on any atom is 0.264 e. The Hall–Kier alpha value is -3.92. The normalized spacial score (nSPS) is 10.9. The number of hydrogen-bond donors (Lipinski definition) is 2. The summed E-state index contributed by atoms with van der Waals surface area (Å²) in [5.74, 6) is -0.785. The van der Waals surface area contributed by atoms with Gasteiger partial charge in [0.1, 0.15) is 11.6 Å². The quantitative estimate of drug-likeness (QED) is 0.522. The van der Waals surface area contributed by atoms with Crippen LogP contribution >= 0.6 is 0 Å². The number of nitrogens with zero attached hydrogens (tertiary/aromatic N) is 1. The van der Waals surface area contributed by atoms with Gasteiger partial charge in [0.15, 0.2) is 6.61 Å². The average Bonchev–Trinajstić information content (AvgIpc) is 2.77. The predicted molar refractivity (Wildman–Crippen MR) is 123 cm³/mol. The van der Waals surface area contributed by atoms with Gasteiger partial charge >= 0.3 is 0 Å². The Kier molecular flexibility index (Phi) is 7.29. The third-order valence-corrected chi connectivity index (χ3v) is 6.31. The van der Waals surface area contributed by atoms with E-state index in [1.165, 1.54) is 50.4 Å². The summed E-state index contributed by atoms with van der Waals surface area (Å²) in [6, 6.07) is 17.4. The first-order chi connectivity index (χ1) is 15.6. The number of amides is 2. The molecule has 0 saturated heterocycles. The van der Waals surface area contributed by atoms with Crippen LogP contribution in [0.2, 0.25) is 0 Å². The highest BCUT2D eigenvalue weighted by Crippen LogP contribution is 2.24. The minimum Gasteiger partial charge on any atom is -0.484 e. The highest BCUT2D eigenvalue weighted by molar-refractivity contribution is 7.92. The third-order valence-electron chi connectivity index (χ3n) is 4.51. The van der Waals surface area contributed by atoms with E-state index >= 15 is 0 Å². The fraction of sp³-hybridized carbons (Fsp3) is 0.130. The SMILES string of the molecule is CC(=O)Nc1cccc(NC(=O)COc2ccc(N(C)S(=O)(=O)c3ccc(F)cc3)cc2)c1. The van der Waals surface area contributed by atoms with Gasteiger partial charge in [-0.1, -0.05) is 6.07 Å². The zero-order chi connectivity index (χ0) is 24.0. The highest BCUT2D eigenvalue weighted by Gasteiger charge is 2.21. The largest absolute Gasteiger partial charge is 0.484 e. The molecule has 8 nitrogen and oxygen atoms in total. The number of carbonyl (C=O) groups excluding carboxylic acids is 2. The molecule has 3 aromatic rings. The summed E-state index contributed by atoms with van der Waals surface area (Å²) in [7, 11) is -2.47. The van der Waals surface area contributed by atoms with Crippen LogP contribution in [-0.4, -0.2) is 33.9 Å². The van der Waals surface area contributed by atoms with E-state index in [0.717, 1.165) is 16.4 Å². The Morgan fingerprint density at radius 2 is 1.55 bits per heavy atom. The number of nitrogens with one attached hydrogen (secondary N) is 2. The minimum atomic E-state index is -3.86. The molecular formula is C23H22FN3O5S. The molecule has 10 heteroatoms. The number of benzene rings is 3. The van der Waals surface area contributed by atoms with Gasteiger partial charge in [0.25, 0.3) is 15.9 Å². The predicted octanol–water partition coefficient (Wildman–Crippen LogP) is 3.63. The Balaban J connectivity index is 1.59. The van der Waals surface area contributed by atoms with Crippen LogP contribution in [0.25, 0.3) is 0 Å². The molecule has 3 rings (SSSR count). The molecule has 0 aliphatic carbocycles. The lowest BCUT2D eigenvalue weighted by Gasteiger charge is -2.20. The molecule has 0 radical (unpaired) electrons. The van der Waals surface area contributed by atoms with Crippen LogP contribution < -0.4 is 19.7 Å². The molecule has 172 valence electrons. The second kappa shape index (κ2) is 10.1. The van der Waals surface area contributed by atoms with E-state index in [9.17, 15) is 22.4 Å². The van der Waals surface area contributed by atoms with E-state index < -0.39 is 21.7 Å². The van der Waals surface area contributed by atoms with Gasteiger partial charge in [-0.05, 0) is 66.7 Å². The van der Waals surface area contributed by atoms with Crippen molar-refractivity contribution in [3.63, 3.8) is 0 Å². The molecule has 0 bridgehead atoms. The van der Waals surface area contributed by atoms with Crippen molar-refractivity contribution in [2.75, 3.05) is 28.6 Å². The van der Waals surface area contributed by atoms with Gasteiger partial charge in [-0.25, -0.2) is 12.8 Å². The fourth-order valence-corrected chi connectivity index (χ4v) is 4.08. The first-order valence-corrected chi connectivity index (χ1v) is 11.2. The summed E-state index contributed by atoms with van der Waals surface area (Å²) in [5, 5.41) is 5.30. The monoisotopic (exact) mass is 471 g/mol. The van der Waals surface area contributed by atoms with Crippen LogP contribution in [0.15, 0.2) is 77.7 Å². The van der Waals surface area contributed by atoms with E-state index in [1.54, 1.807) is 24.3 Å². The Bertz CT molecular complexity index is 1250. The second-order valence-electron chi connectivity index (χ2n) is 7.02. The topological polar surface area (TPSA) is 105 Å². The highest BCUT2D eigenvalue weighted by atomic mass is 32.2.